The Morgan fingerprint density at radius 2 is 1.55 bits per heavy atom. The largest absolute Gasteiger partial charge is 0.291 e. The van der Waals surface area contributed by atoms with Crippen molar-refractivity contribution in [2.75, 3.05) is 0 Å². The van der Waals surface area contributed by atoms with Gasteiger partial charge in [-0.15, -0.1) is 0 Å². The Morgan fingerprint density at radius 3 is 1.64 bits per heavy atom. The van der Waals surface area contributed by atoms with E-state index in [2.05, 4.69) is 0 Å². The van der Waals surface area contributed by atoms with Crippen LogP contribution in [0.25, 0.3) is 0 Å². The highest BCUT2D eigenvalue weighted by Gasteiger charge is 2.52. The summed E-state index contributed by atoms with van der Waals surface area (Å²) in [5, 5.41) is 0. The van der Waals surface area contributed by atoms with Crippen LogP contribution in [0.1, 0.15) is 34.1 Å². The molecule has 1 aliphatic rings. The van der Waals surface area contributed by atoms with Gasteiger partial charge in [-0.1, -0.05) is 27.7 Å². The molecule has 0 atom stereocenters. The van der Waals surface area contributed by atoms with Crippen molar-refractivity contribution < 1.29 is 9.59 Å². The maximum Gasteiger partial charge on any atom is 0.204 e. The molecule has 1 rings (SSSR count). The van der Waals surface area contributed by atoms with E-state index in [0.717, 1.165) is 0 Å². The highest BCUT2D eigenvalue weighted by molar-refractivity contribution is 6.41. The molecule has 0 aromatic rings. The number of rotatable bonds is 0. The van der Waals surface area contributed by atoms with E-state index in [9.17, 15) is 9.59 Å². The summed E-state index contributed by atoms with van der Waals surface area (Å²) < 4.78 is 0. The Kier molecular flexibility index (Phi) is 1.48. The minimum Gasteiger partial charge on any atom is -0.291 e. The lowest BCUT2D eigenvalue weighted by molar-refractivity contribution is -0.138. The van der Waals surface area contributed by atoms with E-state index in [-0.39, 0.29) is 17.0 Å². The summed E-state index contributed by atoms with van der Waals surface area (Å²) in [5.41, 5.74) is -0.634. The summed E-state index contributed by atoms with van der Waals surface area (Å²) in [6, 6.07) is 0. The van der Waals surface area contributed by atoms with E-state index >= 15 is 0 Å². The van der Waals surface area contributed by atoms with Gasteiger partial charge < -0.3 is 0 Å². The van der Waals surface area contributed by atoms with E-state index in [0.29, 0.717) is 6.42 Å². The van der Waals surface area contributed by atoms with Crippen LogP contribution in [0.3, 0.4) is 0 Å². The van der Waals surface area contributed by atoms with E-state index in [4.69, 9.17) is 0 Å². The third-order valence-corrected chi connectivity index (χ3v) is 3.12. The smallest absolute Gasteiger partial charge is 0.204 e. The molecule has 2 nitrogen and oxygen atoms in total. The predicted octanol–water partition coefficient (Wildman–Crippen LogP) is 1.58. The third kappa shape index (κ3) is 0.924. The summed E-state index contributed by atoms with van der Waals surface area (Å²) in [6.07, 6.45) is 0.402. The second-order valence-corrected chi connectivity index (χ2v) is 4.44. The molecule has 0 saturated heterocycles. The van der Waals surface area contributed by atoms with Gasteiger partial charge in [-0.3, -0.25) is 9.59 Å². The van der Waals surface area contributed by atoms with E-state index < -0.39 is 5.41 Å². The van der Waals surface area contributed by atoms with Crippen LogP contribution >= 0.6 is 0 Å². The lowest BCUT2D eigenvalue weighted by atomic mass is 9.70. The molecule has 0 heterocycles. The molecule has 1 saturated carbocycles. The molecule has 0 unspecified atom stereocenters. The van der Waals surface area contributed by atoms with E-state index in [1.165, 1.54) is 0 Å². The SMILES string of the molecule is CC1(C)CC(=O)C(=O)C1(C)C. The van der Waals surface area contributed by atoms with Crippen LogP contribution < -0.4 is 0 Å². The summed E-state index contributed by atoms with van der Waals surface area (Å²) in [7, 11) is 0. The van der Waals surface area contributed by atoms with Gasteiger partial charge in [-0.25, -0.2) is 0 Å². The Balaban J connectivity index is 3.12. The molecule has 0 amide bonds. The van der Waals surface area contributed by atoms with Gasteiger partial charge in [0.1, 0.15) is 0 Å². The van der Waals surface area contributed by atoms with Crippen molar-refractivity contribution in [3.63, 3.8) is 0 Å². The van der Waals surface area contributed by atoms with Crippen LogP contribution in [-0.4, -0.2) is 11.6 Å². The van der Waals surface area contributed by atoms with E-state index in [1.807, 2.05) is 27.7 Å². The molecule has 0 spiro atoms. The molecule has 0 bridgehead atoms. The van der Waals surface area contributed by atoms with Crippen LogP contribution in [0.2, 0.25) is 0 Å². The van der Waals surface area contributed by atoms with Gasteiger partial charge in [-0.05, 0) is 5.41 Å². The molecule has 0 radical (unpaired) electrons. The quantitative estimate of drug-likeness (QED) is 0.496. The molecule has 1 aliphatic carbocycles. The average molecular weight is 154 g/mol. The van der Waals surface area contributed by atoms with Crippen LogP contribution in [0.15, 0.2) is 0 Å². The molecular weight excluding hydrogens is 140 g/mol. The fraction of sp³-hybridized carbons (Fsp3) is 0.778. The molecule has 0 aromatic carbocycles. The molecule has 0 aromatic heterocycles. The third-order valence-electron chi connectivity index (χ3n) is 3.12. The molecule has 2 heteroatoms. The number of hydrogen-bond acceptors (Lipinski definition) is 2. The fourth-order valence-electron chi connectivity index (χ4n) is 1.36. The van der Waals surface area contributed by atoms with Crippen LogP contribution in [0.5, 0.6) is 0 Å². The molecule has 1 fully saturated rings. The zero-order valence-electron chi connectivity index (χ0n) is 7.52. The topological polar surface area (TPSA) is 34.1 Å². The van der Waals surface area contributed by atoms with Crippen molar-refractivity contribution in [1.29, 1.82) is 0 Å². The van der Waals surface area contributed by atoms with Crippen molar-refractivity contribution in [2.24, 2.45) is 10.8 Å². The Bertz CT molecular complexity index is 224. The van der Waals surface area contributed by atoms with Gasteiger partial charge in [0, 0.05) is 11.8 Å². The van der Waals surface area contributed by atoms with Crippen LogP contribution in [0, 0.1) is 10.8 Å². The Morgan fingerprint density at radius 1 is 1.09 bits per heavy atom. The summed E-state index contributed by atoms with van der Waals surface area (Å²) in [5.74, 6) is -0.414. The van der Waals surface area contributed by atoms with Gasteiger partial charge in [0.15, 0.2) is 5.78 Å². The van der Waals surface area contributed by atoms with Gasteiger partial charge in [0.05, 0.1) is 0 Å². The normalized spacial score (nSPS) is 27.6. The van der Waals surface area contributed by atoms with Gasteiger partial charge in [0.2, 0.25) is 5.78 Å². The minimum absolute atomic E-state index is 0.166. The Labute approximate surface area is 67.0 Å². The highest BCUT2D eigenvalue weighted by Crippen LogP contribution is 2.47. The lowest BCUT2D eigenvalue weighted by Crippen LogP contribution is -2.32. The summed E-state index contributed by atoms with van der Waals surface area (Å²) >= 11 is 0. The maximum absolute atomic E-state index is 11.3. The van der Waals surface area contributed by atoms with Gasteiger partial charge in [0.25, 0.3) is 0 Å². The lowest BCUT2D eigenvalue weighted by Gasteiger charge is -2.31. The van der Waals surface area contributed by atoms with Gasteiger partial charge >= 0.3 is 0 Å². The molecule has 11 heavy (non-hydrogen) atoms. The summed E-state index contributed by atoms with van der Waals surface area (Å²) in [6.45, 7) is 7.63. The van der Waals surface area contributed by atoms with Crippen molar-refractivity contribution in [3.05, 3.63) is 0 Å². The Hall–Kier alpha value is -0.660. The minimum atomic E-state index is -0.468. The first kappa shape index (κ1) is 8.44. The second kappa shape index (κ2) is 1.93. The fourth-order valence-corrected chi connectivity index (χ4v) is 1.36. The van der Waals surface area contributed by atoms with Crippen LogP contribution in [0.4, 0.5) is 0 Å². The molecule has 0 aliphatic heterocycles. The zero-order chi connectivity index (χ0) is 8.86. The number of Topliss-reactive ketones (excluding diaryl/α,β-unsaturated/α-hetero) is 2. The van der Waals surface area contributed by atoms with E-state index in [1.54, 1.807) is 0 Å². The molecular formula is C9H14O2. The van der Waals surface area contributed by atoms with Crippen molar-refractivity contribution >= 4 is 11.6 Å². The number of carbonyl (C=O) groups excluding carboxylic acids is 2. The predicted molar refractivity (Wildman–Crippen MR) is 42.2 cm³/mol. The second-order valence-electron chi connectivity index (χ2n) is 4.44. The van der Waals surface area contributed by atoms with Crippen LogP contribution in [-0.2, 0) is 9.59 Å². The monoisotopic (exact) mass is 154 g/mol. The highest BCUT2D eigenvalue weighted by atomic mass is 16.2. The number of hydrogen-bond donors (Lipinski definition) is 0. The number of carbonyl (C=O) groups is 2. The molecule has 62 valence electrons. The van der Waals surface area contributed by atoms with Gasteiger partial charge in [-0.2, -0.15) is 0 Å². The van der Waals surface area contributed by atoms with Crippen molar-refractivity contribution in [2.45, 2.75) is 34.1 Å². The summed E-state index contributed by atoms with van der Waals surface area (Å²) in [4.78, 5) is 22.3. The first-order valence-corrected chi connectivity index (χ1v) is 3.87. The maximum atomic E-state index is 11.3. The molecule has 0 N–H and O–H groups in total. The zero-order valence-corrected chi connectivity index (χ0v) is 7.52. The average Bonchev–Trinajstić information content (AvgIpc) is 1.93. The van der Waals surface area contributed by atoms with Crippen molar-refractivity contribution in [1.82, 2.24) is 0 Å². The first-order chi connectivity index (χ1) is 4.79. The first-order valence-electron chi connectivity index (χ1n) is 3.87. The standard InChI is InChI=1S/C9H14O2/c1-8(2)5-6(10)7(11)9(8,3)4/h5H2,1-4H3. The van der Waals surface area contributed by atoms with Crippen molar-refractivity contribution in [3.8, 4) is 0 Å². The number of ketones is 2.